The summed E-state index contributed by atoms with van der Waals surface area (Å²) in [4.78, 5) is 20.2. The summed E-state index contributed by atoms with van der Waals surface area (Å²) >= 11 is 0. The molecule has 0 aliphatic heterocycles. The van der Waals surface area contributed by atoms with Crippen molar-refractivity contribution in [1.29, 1.82) is 0 Å². The molecule has 13 heavy (non-hydrogen) atoms. The van der Waals surface area contributed by atoms with Gasteiger partial charge in [-0.25, -0.2) is 0 Å². The summed E-state index contributed by atoms with van der Waals surface area (Å²) in [6, 6.07) is -1.84. The van der Waals surface area contributed by atoms with Gasteiger partial charge in [-0.2, -0.15) is 13.2 Å². The molecule has 0 aliphatic carbocycles. The highest BCUT2D eigenvalue weighted by Crippen LogP contribution is 2.14. The van der Waals surface area contributed by atoms with Crippen molar-refractivity contribution >= 4 is 11.9 Å². The van der Waals surface area contributed by atoms with Gasteiger partial charge in [0.1, 0.15) is 0 Å². The van der Waals surface area contributed by atoms with Crippen LogP contribution in [0.15, 0.2) is 12.7 Å². The maximum absolute atomic E-state index is 11.5. The highest BCUT2D eigenvalue weighted by molar-refractivity contribution is 5.87. The predicted octanol–water partition coefficient (Wildman–Crippen LogP) is -1.03. The lowest BCUT2D eigenvalue weighted by Crippen LogP contribution is -2.50. The molecule has 1 amide bonds. The van der Waals surface area contributed by atoms with E-state index in [1.165, 1.54) is 0 Å². The van der Waals surface area contributed by atoms with E-state index >= 15 is 0 Å². The Morgan fingerprint density at radius 1 is 1.46 bits per heavy atom. The number of hydrogen-bond donors (Lipinski definition) is 1. The van der Waals surface area contributed by atoms with Gasteiger partial charge in [-0.05, 0) is 0 Å². The average molecular weight is 196 g/mol. The van der Waals surface area contributed by atoms with Crippen LogP contribution in [0.4, 0.5) is 13.2 Å². The zero-order valence-electron chi connectivity index (χ0n) is 6.22. The van der Waals surface area contributed by atoms with Crippen LogP contribution in [0.1, 0.15) is 0 Å². The molecule has 7 heteroatoms. The van der Waals surface area contributed by atoms with Crippen molar-refractivity contribution in [2.24, 2.45) is 0 Å². The first-order valence-electron chi connectivity index (χ1n) is 3.00. The van der Waals surface area contributed by atoms with E-state index in [4.69, 9.17) is 0 Å². The Morgan fingerprint density at radius 2 is 1.92 bits per heavy atom. The van der Waals surface area contributed by atoms with E-state index in [1.54, 1.807) is 0 Å². The van der Waals surface area contributed by atoms with Crippen molar-refractivity contribution in [1.82, 2.24) is 5.32 Å². The molecule has 1 unspecified atom stereocenters. The summed E-state index contributed by atoms with van der Waals surface area (Å²) in [6.45, 7) is 2.91. The minimum absolute atomic E-state index is 0.624. The fourth-order valence-corrected chi connectivity index (χ4v) is 0.437. The number of rotatable bonds is 3. The van der Waals surface area contributed by atoms with Crippen LogP contribution in [0.5, 0.6) is 0 Å². The fourth-order valence-electron chi connectivity index (χ4n) is 0.437. The van der Waals surface area contributed by atoms with Crippen molar-refractivity contribution in [2.75, 3.05) is 0 Å². The lowest BCUT2D eigenvalue weighted by Gasteiger charge is -2.16. The minimum atomic E-state index is -5.11. The number of carboxylic acids is 1. The van der Waals surface area contributed by atoms with Crippen LogP contribution >= 0.6 is 0 Å². The molecule has 4 nitrogen and oxygen atoms in total. The van der Waals surface area contributed by atoms with Crippen molar-refractivity contribution in [3.05, 3.63) is 12.7 Å². The molecule has 0 rings (SSSR count). The van der Waals surface area contributed by atoms with Crippen LogP contribution in [-0.4, -0.2) is 24.1 Å². The van der Waals surface area contributed by atoms with Crippen molar-refractivity contribution < 1.29 is 27.9 Å². The van der Waals surface area contributed by atoms with Gasteiger partial charge < -0.3 is 15.2 Å². The second-order valence-electron chi connectivity index (χ2n) is 2.00. The van der Waals surface area contributed by atoms with E-state index in [-0.39, 0.29) is 0 Å². The van der Waals surface area contributed by atoms with E-state index in [0.717, 1.165) is 5.32 Å². The Labute approximate surface area is 71.0 Å². The molecule has 0 fully saturated rings. The number of aliphatic carboxylic acids is 1. The highest BCUT2D eigenvalue weighted by atomic mass is 19.4. The largest absolute Gasteiger partial charge is 0.548 e. The Balaban J connectivity index is 4.35. The molecule has 0 heterocycles. The smallest absolute Gasteiger partial charge is 0.471 e. The van der Waals surface area contributed by atoms with Gasteiger partial charge in [-0.1, -0.05) is 6.08 Å². The van der Waals surface area contributed by atoms with Crippen LogP contribution in [-0.2, 0) is 9.59 Å². The second kappa shape index (κ2) is 3.92. The third kappa shape index (κ3) is 3.59. The molecule has 0 bridgehead atoms. The summed E-state index contributed by atoms with van der Waals surface area (Å²) in [5.41, 5.74) is 0. The van der Waals surface area contributed by atoms with Crippen molar-refractivity contribution in [3.8, 4) is 0 Å². The monoisotopic (exact) mass is 196 g/mol. The van der Waals surface area contributed by atoms with E-state index in [0.29, 0.717) is 6.08 Å². The Hall–Kier alpha value is -1.53. The van der Waals surface area contributed by atoms with Crippen LogP contribution in [0.3, 0.4) is 0 Å². The number of carbonyl (C=O) groups is 2. The molecule has 0 aromatic carbocycles. The molecular formula is C6H5F3NO3-. The first-order chi connectivity index (χ1) is 5.79. The summed E-state index contributed by atoms with van der Waals surface area (Å²) in [7, 11) is 0. The van der Waals surface area contributed by atoms with Gasteiger partial charge in [0.25, 0.3) is 0 Å². The molecule has 0 aromatic rings. The quantitative estimate of drug-likeness (QED) is 0.587. The normalized spacial score (nSPS) is 13.2. The molecule has 74 valence electrons. The van der Waals surface area contributed by atoms with Crippen LogP contribution in [0.2, 0.25) is 0 Å². The molecule has 0 saturated carbocycles. The van der Waals surface area contributed by atoms with Crippen molar-refractivity contribution in [2.45, 2.75) is 12.2 Å². The molecule has 0 spiro atoms. The number of carbonyl (C=O) groups excluding carboxylic acids is 2. The van der Waals surface area contributed by atoms with E-state index in [9.17, 15) is 27.9 Å². The number of nitrogens with one attached hydrogen (secondary N) is 1. The van der Waals surface area contributed by atoms with Gasteiger partial charge in [0.15, 0.2) is 0 Å². The number of hydrogen-bond acceptors (Lipinski definition) is 3. The van der Waals surface area contributed by atoms with Gasteiger partial charge in [-0.15, -0.1) is 6.58 Å². The van der Waals surface area contributed by atoms with Gasteiger partial charge in [0.05, 0.1) is 12.0 Å². The van der Waals surface area contributed by atoms with Gasteiger partial charge in [0.2, 0.25) is 0 Å². The van der Waals surface area contributed by atoms with E-state index < -0.39 is 24.1 Å². The zero-order valence-corrected chi connectivity index (χ0v) is 6.22. The second-order valence-corrected chi connectivity index (χ2v) is 2.00. The van der Waals surface area contributed by atoms with Crippen LogP contribution in [0, 0.1) is 0 Å². The molecule has 0 saturated heterocycles. The van der Waals surface area contributed by atoms with Crippen LogP contribution in [0.25, 0.3) is 0 Å². The van der Waals surface area contributed by atoms with Gasteiger partial charge >= 0.3 is 12.1 Å². The first kappa shape index (κ1) is 11.5. The molecule has 0 radical (unpaired) electrons. The minimum Gasteiger partial charge on any atom is -0.548 e. The zero-order chi connectivity index (χ0) is 10.6. The number of carboxylic acid groups (broad SMARTS) is 1. The average Bonchev–Trinajstić information content (AvgIpc) is 1.96. The van der Waals surface area contributed by atoms with Crippen molar-refractivity contribution in [3.63, 3.8) is 0 Å². The Morgan fingerprint density at radius 3 is 2.15 bits per heavy atom. The number of amides is 1. The lowest BCUT2D eigenvalue weighted by molar-refractivity contribution is -0.307. The Kier molecular flexibility index (Phi) is 3.46. The van der Waals surface area contributed by atoms with Gasteiger partial charge in [0, 0.05) is 0 Å². The summed E-state index contributed by atoms with van der Waals surface area (Å²) in [6.07, 6.45) is -4.49. The molecule has 0 aromatic heterocycles. The third-order valence-electron chi connectivity index (χ3n) is 1.03. The third-order valence-corrected chi connectivity index (χ3v) is 1.03. The summed E-state index contributed by atoms with van der Waals surface area (Å²) in [5, 5.41) is 11.2. The fraction of sp³-hybridized carbons (Fsp3) is 0.333. The standard InChI is InChI=1S/C6H6F3NO3/c1-2-3(4(11)12)10-5(13)6(7,8)9/h2-3H,1H2,(H,10,13)(H,11,12)/p-1. The molecule has 0 aliphatic rings. The number of alkyl halides is 3. The molecular weight excluding hydrogens is 191 g/mol. The first-order valence-corrected chi connectivity index (χ1v) is 3.00. The lowest BCUT2D eigenvalue weighted by atomic mass is 10.3. The van der Waals surface area contributed by atoms with Crippen LogP contribution < -0.4 is 10.4 Å². The SMILES string of the molecule is C=CC(NC(=O)C(F)(F)F)C(=O)[O-]. The molecule has 1 N–H and O–H groups in total. The number of halogens is 3. The summed E-state index contributed by atoms with van der Waals surface area (Å²) in [5.74, 6) is -4.20. The van der Waals surface area contributed by atoms with Gasteiger partial charge in [-0.3, -0.25) is 4.79 Å². The predicted molar refractivity (Wildman–Crippen MR) is 33.2 cm³/mol. The molecule has 1 atom stereocenters. The maximum atomic E-state index is 11.5. The topological polar surface area (TPSA) is 69.2 Å². The summed E-state index contributed by atoms with van der Waals surface area (Å²) < 4.78 is 34.6. The van der Waals surface area contributed by atoms with E-state index in [1.807, 2.05) is 0 Å². The maximum Gasteiger partial charge on any atom is 0.471 e. The highest BCUT2D eigenvalue weighted by Gasteiger charge is 2.39. The Bertz CT molecular complexity index is 236. The van der Waals surface area contributed by atoms with E-state index in [2.05, 4.69) is 6.58 Å².